The lowest BCUT2D eigenvalue weighted by Gasteiger charge is -2.13. The van der Waals surface area contributed by atoms with Crippen molar-refractivity contribution in [1.29, 1.82) is 0 Å². The number of hydrogen-bond acceptors (Lipinski definition) is 8. The van der Waals surface area contributed by atoms with E-state index in [0.717, 1.165) is 6.07 Å². The smallest absolute Gasteiger partial charge is 0.358 e. The Morgan fingerprint density at radius 1 is 1.52 bits per heavy atom. The molecule has 1 atom stereocenters. The normalized spacial score (nSPS) is 11.3. The van der Waals surface area contributed by atoms with Crippen LogP contribution in [0.1, 0.15) is 17.4 Å². The quantitative estimate of drug-likeness (QED) is 0.295. The van der Waals surface area contributed by atoms with Crippen LogP contribution in [-0.2, 0) is 9.53 Å². The number of ether oxygens (including phenoxy) is 1. The molecule has 0 aliphatic rings. The third-order valence-electron chi connectivity index (χ3n) is 3.19. The largest absolute Gasteiger partial charge is 0.448 e. The highest BCUT2D eigenvalue weighted by Gasteiger charge is 2.22. The minimum Gasteiger partial charge on any atom is -0.448 e. The second-order valence-electron chi connectivity index (χ2n) is 5.17. The first-order valence-corrected chi connectivity index (χ1v) is 8.83. The van der Waals surface area contributed by atoms with Crippen molar-refractivity contribution in [2.45, 2.75) is 13.0 Å². The van der Waals surface area contributed by atoms with E-state index >= 15 is 0 Å². The van der Waals surface area contributed by atoms with Gasteiger partial charge in [-0.25, -0.2) is 9.78 Å². The molecule has 2 aromatic rings. The highest BCUT2D eigenvalue weighted by Crippen LogP contribution is 2.27. The van der Waals surface area contributed by atoms with Gasteiger partial charge >= 0.3 is 5.97 Å². The molecular formula is C16H15ClN4O5S. The first-order valence-electron chi connectivity index (χ1n) is 7.58. The summed E-state index contributed by atoms with van der Waals surface area (Å²) in [5.41, 5.74) is 0.0289. The monoisotopic (exact) mass is 410 g/mol. The molecular weight excluding hydrogens is 396 g/mol. The van der Waals surface area contributed by atoms with E-state index < -0.39 is 22.9 Å². The van der Waals surface area contributed by atoms with Crippen LogP contribution in [-0.4, -0.2) is 34.4 Å². The van der Waals surface area contributed by atoms with Gasteiger partial charge < -0.3 is 15.4 Å². The van der Waals surface area contributed by atoms with Gasteiger partial charge in [-0.3, -0.25) is 14.9 Å². The van der Waals surface area contributed by atoms with Crippen LogP contribution in [0.4, 0.5) is 16.5 Å². The zero-order chi connectivity index (χ0) is 20.0. The van der Waals surface area contributed by atoms with Crippen LogP contribution < -0.4 is 10.6 Å². The molecule has 9 nitrogen and oxygen atoms in total. The van der Waals surface area contributed by atoms with Crippen molar-refractivity contribution >= 4 is 51.3 Å². The standard InChI is InChI=1S/C16H15ClN4O5S/c1-3-6-18-16-20-13(8-27-16)15(23)26-9(2)14(22)19-12-5-4-10(21(24)25)7-11(12)17/h3-5,7-9H,1,6H2,2H3,(H,18,20)(H,19,22)/t9-/m0/s1. The number of nitro benzene ring substituents is 1. The number of non-ortho nitro benzene ring substituents is 1. The van der Waals surface area contributed by atoms with E-state index in [1.165, 1.54) is 35.8 Å². The first-order chi connectivity index (χ1) is 12.8. The summed E-state index contributed by atoms with van der Waals surface area (Å²) >= 11 is 7.14. The van der Waals surface area contributed by atoms with E-state index in [0.29, 0.717) is 11.7 Å². The Morgan fingerprint density at radius 3 is 2.89 bits per heavy atom. The van der Waals surface area contributed by atoms with Crippen LogP contribution in [0.3, 0.4) is 0 Å². The van der Waals surface area contributed by atoms with Crippen molar-refractivity contribution < 1.29 is 19.2 Å². The number of aromatic nitrogens is 1. The SMILES string of the molecule is C=CCNc1nc(C(=O)O[C@@H](C)C(=O)Nc2ccc([N+](=O)[O-])cc2Cl)cs1. The van der Waals surface area contributed by atoms with Gasteiger partial charge in [-0.1, -0.05) is 17.7 Å². The molecule has 1 aromatic carbocycles. The zero-order valence-electron chi connectivity index (χ0n) is 14.1. The summed E-state index contributed by atoms with van der Waals surface area (Å²) in [6.07, 6.45) is 0.518. The number of nitro groups is 1. The summed E-state index contributed by atoms with van der Waals surface area (Å²) in [5.74, 6) is -1.39. The molecule has 142 valence electrons. The summed E-state index contributed by atoms with van der Waals surface area (Å²) in [5, 5.41) is 18.1. The van der Waals surface area contributed by atoms with Gasteiger partial charge in [0.1, 0.15) is 0 Å². The highest BCUT2D eigenvalue weighted by atomic mass is 35.5. The van der Waals surface area contributed by atoms with Gasteiger partial charge in [0.15, 0.2) is 16.9 Å². The molecule has 0 unspecified atom stereocenters. The molecule has 0 radical (unpaired) electrons. The molecule has 1 amide bonds. The maximum absolute atomic E-state index is 12.2. The second-order valence-corrected chi connectivity index (χ2v) is 6.43. The Kier molecular flexibility index (Phi) is 6.85. The lowest BCUT2D eigenvalue weighted by Crippen LogP contribution is -2.30. The van der Waals surface area contributed by atoms with E-state index in [-0.39, 0.29) is 22.1 Å². The summed E-state index contributed by atoms with van der Waals surface area (Å²) in [6.45, 7) is 5.45. The number of halogens is 1. The summed E-state index contributed by atoms with van der Waals surface area (Å²) in [6, 6.07) is 3.61. The van der Waals surface area contributed by atoms with Crippen LogP contribution in [0.5, 0.6) is 0 Å². The van der Waals surface area contributed by atoms with Crippen molar-refractivity contribution in [2.24, 2.45) is 0 Å². The van der Waals surface area contributed by atoms with Gasteiger partial charge in [0.05, 0.1) is 15.6 Å². The lowest BCUT2D eigenvalue weighted by molar-refractivity contribution is -0.384. The van der Waals surface area contributed by atoms with E-state index in [2.05, 4.69) is 22.2 Å². The van der Waals surface area contributed by atoms with E-state index in [4.69, 9.17) is 16.3 Å². The van der Waals surface area contributed by atoms with Crippen molar-refractivity contribution in [3.63, 3.8) is 0 Å². The maximum Gasteiger partial charge on any atom is 0.358 e. The third-order valence-corrected chi connectivity index (χ3v) is 4.30. The molecule has 0 saturated heterocycles. The molecule has 2 N–H and O–H groups in total. The summed E-state index contributed by atoms with van der Waals surface area (Å²) in [4.78, 5) is 38.4. The average molecular weight is 411 g/mol. The van der Waals surface area contributed by atoms with Crippen LogP contribution in [0, 0.1) is 10.1 Å². The summed E-state index contributed by atoms with van der Waals surface area (Å²) < 4.78 is 5.08. The number of nitrogens with zero attached hydrogens (tertiary/aromatic N) is 2. The highest BCUT2D eigenvalue weighted by molar-refractivity contribution is 7.13. The van der Waals surface area contributed by atoms with Crippen LogP contribution in [0.15, 0.2) is 36.2 Å². The predicted octanol–water partition coefficient (Wildman–Crippen LogP) is 3.49. The van der Waals surface area contributed by atoms with Crippen LogP contribution >= 0.6 is 22.9 Å². The van der Waals surface area contributed by atoms with Gasteiger partial charge in [-0.15, -0.1) is 17.9 Å². The second kappa shape index (κ2) is 9.10. The minimum absolute atomic E-state index is 0.00601. The fourth-order valence-electron chi connectivity index (χ4n) is 1.84. The molecule has 0 bridgehead atoms. The molecule has 1 heterocycles. The van der Waals surface area contributed by atoms with Gasteiger partial charge in [-0.2, -0.15) is 0 Å². The molecule has 27 heavy (non-hydrogen) atoms. The fourth-order valence-corrected chi connectivity index (χ4v) is 2.75. The van der Waals surface area contributed by atoms with Crippen LogP contribution in [0.25, 0.3) is 0 Å². The average Bonchev–Trinajstić information content (AvgIpc) is 3.10. The van der Waals surface area contributed by atoms with E-state index in [1.807, 2.05) is 0 Å². The Hall–Kier alpha value is -2.98. The number of benzene rings is 1. The predicted molar refractivity (Wildman–Crippen MR) is 102 cm³/mol. The van der Waals surface area contributed by atoms with Gasteiger partial charge in [0.25, 0.3) is 11.6 Å². The number of amides is 1. The third kappa shape index (κ3) is 5.50. The number of anilines is 2. The maximum atomic E-state index is 12.2. The molecule has 0 saturated carbocycles. The van der Waals surface area contributed by atoms with Gasteiger partial charge in [-0.05, 0) is 13.0 Å². The molecule has 0 aliphatic heterocycles. The molecule has 11 heteroatoms. The number of rotatable bonds is 8. The minimum atomic E-state index is -1.13. The zero-order valence-corrected chi connectivity index (χ0v) is 15.7. The number of carbonyl (C=O) groups is 2. The Balaban J connectivity index is 1.97. The van der Waals surface area contributed by atoms with Crippen molar-refractivity contribution in [2.75, 3.05) is 17.2 Å². The lowest BCUT2D eigenvalue weighted by atomic mass is 10.2. The Bertz CT molecular complexity index is 885. The van der Waals surface area contributed by atoms with Crippen molar-refractivity contribution in [3.05, 3.63) is 57.1 Å². The van der Waals surface area contributed by atoms with Gasteiger partial charge in [0.2, 0.25) is 0 Å². The Labute approximate surface area is 163 Å². The molecule has 2 rings (SSSR count). The van der Waals surface area contributed by atoms with Gasteiger partial charge in [0, 0.05) is 24.1 Å². The number of hydrogen-bond donors (Lipinski definition) is 2. The van der Waals surface area contributed by atoms with E-state index in [1.54, 1.807) is 6.08 Å². The number of esters is 1. The molecule has 0 fully saturated rings. The summed E-state index contributed by atoms with van der Waals surface area (Å²) in [7, 11) is 0. The number of thiazole rings is 1. The van der Waals surface area contributed by atoms with Crippen molar-refractivity contribution in [1.82, 2.24) is 4.98 Å². The molecule has 0 aliphatic carbocycles. The molecule has 0 spiro atoms. The first kappa shape index (κ1) is 20.3. The Morgan fingerprint density at radius 2 is 2.26 bits per heavy atom. The molecule has 1 aromatic heterocycles. The number of carbonyl (C=O) groups excluding carboxylic acids is 2. The van der Waals surface area contributed by atoms with E-state index in [9.17, 15) is 19.7 Å². The fraction of sp³-hybridized carbons (Fsp3) is 0.188. The topological polar surface area (TPSA) is 123 Å². The van der Waals surface area contributed by atoms with Crippen LogP contribution in [0.2, 0.25) is 5.02 Å². The number of nitrogens with one attached hydrogen (secondary N) is 2. The van der Waals surface area contributed by atoms with Crippen molar-refractivity contribution in [3.8, 4) is 0 Å².